The molecule has 0 amide bonds. The van der Waals surface area contributed by atoms with Crippen LogP contribution in [0.1, 0.15) is 11.5 Å². The van der Waals surface area contributed by atoms with Crippen molar-refractivity contribution in [1.29, 1.82) is 0 Å². The molecule has 9 heteroatoms. The molecular weight excluding hydrogens is 330 g/mol. The summed E-state index contributed by atoms with van der Waals surface area (Å²) in [4.78, 5) is 4.56. The minimum Gasteiger partial charge on any atom is -0.395 e. The van der Waals surface area contributed by atoms with E-state index in [1.165, 1.54) is 10.9 Å². The molecule has 0 fully saturated rings. The number of aromatic nitrogens is 4. The molecule has 0 aliphatic heterocycles. The molecule has 128 valence electrons. The van der Waals surface area contributed by atoms with Crippen LogP contribution < -0.4 is 4.72 Å². The molecule has 8 nitrogen and oxygen atoms in total. The quantitative estimate of drug-likeness (QED) is 0.720. The third-order valence-electron chi connectivity index (χ3n) is 3.77. The first-order valence-corrected chi connectivity index (χ1v) is 8.91. The van der Waals surface area contributed by atoms with E-state index in [-0.39, 0.29) is 11.5 Å². The third-order valence-corrected chi connectivity index (χ3v) is 5.26. The molecule has 0 bridgehead atoms. The van der Waals surface area contributed by atoms with Crippen molar-refractivity contribution in [2.75, 3.05) is 11.3 Å². The zero-order chi connectivity index (χ0) is 17.5. The lowest BCUT2D eigenvalue weighted by Gasteiger charge is -2.08. The number of benzene rings is 1. The maximum Gasteiger partial charge on any atom is 0.265 e. The van der Waals surface area contributed by atoms with Crippen LogP contribution in [-0.4, -0.2) is 39.5 Å². The average molecular weight is 349 g/mol. The molecular formula is C15H19N5O3S. The molecule has 3 aromatic rings. The number of aliphatic hydroxyl groups excluding tert-OH is 1. The predicted molar refractivity (Wildman–Crippen MR) is 90.3 cm³/mol. The molecule has 2 aromatic heterocycles. The number of nitrogens with zero attached hydrogens (tertiary/aromatic N) is 4. The molecule has 0 aliphatic rings. The van der Waals surface area contributed by atoms with Crippen molar-refractivity contribution in [3.05, 3.63) is 35.9 Å². The SMILES string of the molecule is Cc1nn(C)cc1S(=O)(=O)Nc1ccc2c(c1)nc(C)n2CCO. The summed E-state index contributed by atoms with van der Waals surface area (Å²) >= 11 is 0. The molecule has 0 aliphatic carbocycles. The minimum atomic E-state index is -3.71. The molecule has 0 unspecified atom stereocenters. The number of nitrogens with one attached hydrogen (secondary N) is 1. The first-order valence-electron chi connectivity index (χ1n) is 7.42. The van der Waals surface area contributed by atoms with E-state index in [4.69, 9.17) is 5.11 Å². The molecule has 1 aromatic carbocycles. The van der Waals surface area contributed by atoms with E-state index in [2.05, 4.69) is 14.8 Å². The van der Waals surface area contributed by atoms with E-state index in [0.717, 1.165) is 11.3 Å². The summed E-state index contributed by atoms with van der Waals surface area (Å²) in [6.07, 6.45) is 1.47. The van der Waals surface area contributed by atoms with E-state index in [1.807, 2.05) is 11.5 Å². The van der Waals surface area contributed by atoms with Crippen LogP contribution in [0.4, 0.5) is 5.69 Å². The summed E-state index contributed by atoms with van der Waals surface area (Å²) < 4.78 is 31.0. The maximum atomic E-state index is 12.5. The number of fused-ring (bicyclic) bond motifs is 1. The van der Waals surface area contributed by atoms with Gasteiger partial charge in [-0.1, -0.05) is 0 Å². The predicted octanol–water partition coefficient (Wildman–Crippen LogP) is 1.18. The standard InChI is InChI=1S/C15H19N5O3S/c1-10-15(9-19(3)17-10)24(22,23)18-12-4-5-14-13(8-12)16-11(2)20(14)6-7-21/h4-5,8-9,18,21H,6-7H2,1-3H3. The van der Waals surface area contributed by atoms with Gasteiger partial charge in [0, 0.05) is 19.8 Å². The van der Waals surface area contributed by atoms with Crippen LogP contribution in [0.5, 0.6) is 0 Å². The smallest absolute Gasteiger partial charge is 0.265 e. The Kier molecular flexibility index (Phi) is 4.06. The van der Waals surface area contributed by atoms with E-state index in [1.54, 1.807) is 32.2 Å². The van der Waals surface area contributed by atoms with E-state index in [0.29, 0.717) is 23.4 Å². The Bertz CT molecular complexity index is 1000. The van der Waals surface area contributed by atoms with Gasteiger partial charge >= 0.3 is 0 Å². The lowest BCUT2D eigenvalue weighted by atomic mass is 10.3. The number of aryl methyl sites for hydroxylation is 3. The van der Waals surface area contributed by atoms with E-state index in [9.17, 15) is 8.42 Å². The normalized spacial score (nSPS) is 12.0. The van der Waals surface area contributed by atoms with Crippen molar-refractivity contribution in [3.8, 4) is 0 Å². The fourth-order valence-electron chi connectivity index (χ4n) is 2.75. The fraction of sp³-hybridized carbons (Fsp3) is 0.333. The van der Waals surface area contributed by atoms with Gasteiger partial charge in [-0.25, -0.2) is 13.4 Å². The highest BCUT2D eigenvalue weighted by atomic mass is 32.2. The molecule has 3 rings (SSSR count). The van der Waals surface area contributed by atoms with Crippen molar-refractivity contribution >= 4 is 26.7 Å². The monoisotopic (exact) mass is 349 g/mol. The second kappa shape index (κ2) is 5.91. The van der Waals surface area contributed by atoms with Crippen LogP contribution in [0.15, 0.2) is 29.3 Å². The molecule has 0 spiro atoms. The molecule has 2 heterocycles. The number of imidazole rings is 1. The van der Waals surface area contributed by atoms with Gasteiger partial charge in [0.15, 0.2) is 0 Å². The highest BCUT2D eigenvalue weighted by Gasteiger charge is 2.20. The van der Waals surface area contributed by atoms with Gasteiger partial charge in [-0.05, 0) is 32.0 Å². The average Bonchev–Trinajstić information content (AvgIpc) is 2.99. The number of hydrogen-bond acceptors (Lipinski definition) is 5. The summed E-state index contributed by atoms with van der Waals surface area (Å²) in [6.45, 7) is 3.96. The van der Waals surface area contributed by atoms with Crippen molar-refractivity contribution in [1.82, 2.24) is 19.3 Å². The second-order valence-electron chi connectivity index (χ2n) is 5.60. The van der Waals surface area contributed by atoms with E-state index < -0.39 is 10.0 Å². The Morgan fingerprint density at radius 2 is 2.04 bits per heavy atom. The Hall–Kier alpha value is -2.39. The van der Waals surface area contributed by atoms with Gasteiger partial charge in [0.25, 0.3) is 10.0 Å². The maximum absolute atomic E-state index is 12.5. The Labute approximate surface area is 139 Å². The zero-order valence-electron chi connectivity index (χ0n) is 13.7. The second-order valence-corrected chi connectivity index (χ2v) is 7.25. The number of sulfonamides is 1. The third kappa shape index (κ3) is 2.87. The van der Waals surface area contributed by atoms with Crippen LogP contribution in [-0.2, 0) is 23.6 Å². The van der Waals surface area contributed by atoms with Crippen LogP contribution in [0, 0.1) is 13.8 Å². The van der Waals surface area contributed by atoms with Crippen LogP contribution in [0.3, 0.4) is 0 Å². The summed E-state index contributed by atoms with van der Waals surface area (Å²) in [5, 5.41) is 13.2. The molecule has 0 radical (unpaired) electrons. The zero-order valence-corrected chi connectivity index (χ0v) is 14.5. The number of rotatable bonds is 5. The van der Waals surface area contributed by atoms with Crippen LogP contribution in [0.2, 0.25) is 0 Å². The van der Waals surface area contributed by atoms with Gasteiger partial charge in [0.1, 0.15) is 10.7 Å². The highest BCUT2D eigenvalue weighted by Crippen LogP contribution is 2.23. The Morgan fingerprint density at radius 1 is 1.29 bits per heavy atom. The topological polar surface area (TPSA) is 102 Å². The van der Waals surface area contributed by atoms with Gasteiger partial charge in [-0.15, -0.1) is 0 Å². The molecule has 2 N–H and O–H groups in total. The van der Waals surface area contributed by atoms with Gasteiger partial charge in [0.05, 0.1) is 29.0 Å². The summed E-state index contributed by atoms with van der Waals surface area (Å²) in [6, 6.07) is 5.15. The van der Waals surface area contributed by atoms with Crippen LogP contribution >= 0.6 is 0 Å². The summed E-state index contributed by atoms with van der Waals surface area (Å²) in [5.74, 6) is 0.766. The lowest BCUT2D eigenvalue weighted by Crippen LogP contribution is -2.13. The number of hydrogen-bond donors (Lipinski definition) is 2. The van der Waals surface area contributed by atoms with Gasteiger partial charge < -0.3 is 9.67 Å². The number of anilines is 1. The van der Waals surface area contributed by atoms with Gasteiger partial charge in [-0.3, -0.25) is 9.40 Å². The first-order chi connectivity index (χ1) is 11.3. The molecule has 0 saturated heterocycles. The lowest BCUT2D eigenvalue weighted by molar-refractivity contribution is 0.276. The van der Waals surface area contributed by atoms with Crippen molar-refractivity contribution < 1.29 is 13.5 Å². The number of aliphatic hydroxyl groups is 1. The van der Waals surface area contributed by atoms with Crippen molar-refractivity contribution in [2.45, 2.75) is 25.3 Å². The molecule has 0 atom stereocenters. The summed E-state index contributed by atoms with van der Waals surface area (Å²) in [5.41, 5.74) is 2.39. The Balaban J connectivity index is 1.97. The first kappa shape index (κ1) is 16.5. The van der Waals surface area contributed by atoms with Crippen molar-refractivity contribution in [2.24, 2.45) is 7.05 Å². The minimum absolute atomic E-state index is 0.0148. The van der Waals surface area contributed by atoms with E-state index >= 15 is 0 Å². The van der Waals surface area contributed by atoms with Gasteiger partial charge in [0.2, 0.25) is 0 Å². The fourth-order valence-corrected chi connectivity index (χ4v) is 4.02. The van der Waals surface area contributed by atoms with Crippen LogP contribution in [0.25, 0.3) is 11.0 Å². The van der Waals surface area contributed by atoms with Crippen molar-refractivity contribution in [3.63, 3.8) is 0 Å². The summed E-state index contributed by atoms with van der Waals surface area (Å²) in [7, 11) is -2.04. The largest absolute Gasteiger partial charge is 0.395 e. The molecule has 0 saturated carbocycles. The Morgan fingerprint density at radius 3 is 2.67 bits per heavy atom. The highest BCUT2D eigenvalue weighted by molar-refractivity contribution is 7.92. The van der Waals surface area contributed by atoms with Gasteiger partial charge in [-0.2, -0.15) is 5.10 Å². The molecule has 24 heavy (non-hydrogen) atoms.